The average molecular weight is 255 g/mol. The number of carboxylic acid groups (broad SMARTS) is 1. The molecule has 2 N–H and O–H groups in total. The quantitative estimate of drug-likeness (QED) is 0.676. The number of carbonyl (C=O) groups excluding carboxylic acids is 1. The number of rotatable bonds is 7. The molecule has 1 heterocycles. The first-order valence-electron chi connectivity index (χ1n) is 6.38. The molecule has 5 heteroatoms. The molecule has 102 valence electrons. The minimum absolute atomic E-state index is 0.146. The summed E-state index contributed by atoms with van der Waals surface area (Å²) < 4.78 is 5.52. The molecule has 0 bridgehead atoms. The number of hydrogen-bond acceptors (Lipinski definition) is 3. The van der Waals surface area contributed by atoms with E-state index in [1.807, 2.05) is 0 Å². The molecule has 0 aromatic rings. The third-order valence-corrected chi connectivity index (χ3v) is 3.00. The highest BCUT2D eigenvalue weighted by Crippen LogP contribution is 2.16. The molecule has 2 unspecified atom stereocenters. The second-order valence-electron chi connectivity index (χ2n) is 4.51. The Morgan fingerprint density at radius 3 is 2.83 bits per heavy atom. The van der Waals surface area contributed by atoms with Crippen LogP contribution in [-0.2, 0) is 14.3 Å². The highest BCUT2D eigenvalue weighted by Gasteiger charge is 2.20. The smallest absolute Gasteiger partial charge is 0.326 e. The molecule has 1 rings (SSSR count). The lowest BCUT2D eigenvalue weighted by Gasteiger charge is -2.22. The van der Waals surface area contributed by atoms with E-state index in [1.165, 1.54) is 6.08 Å². The van der Waals surface area contributed by atoms with Gasteiger partial charge in [0.25, 0.3) is 0 Å². The molecule has 0 saturated carbocycles. The predicted octanol–water partition coefficient (Wildman–Crippen LogP) is 1.48. The van der Waals surface area contributed by atoms with Crippen molar-refractivity contribution in [3.63, 3.8) is 0 Å². The van der Waals surface area contributed by atoms with Crippen molar-refractivity contribution in [1.29, 1.82) is 0 Å². The van der Waals surface area contributed by atoms with Crippen molar-refractivity contribution < 1.29 is 19.4 Å². The van der Waals surface area contributed by atoms with Gasteiger partial charge in [-0.2, -0.15) is 0 Å². The summed E-state index contributed by atoms with van der Waals surface area (Å²) in [6.07, 6.45) is 6.06. The lowest BCUT2D eigenvalue weighted by molar-refractivity contribution is -0.141. The molecule has 0 spiro atoms. The van der Waals surface area contributed by atoms with Gasteiger partial charge in [0.1, 0.15) is 6.04 Å². The average Bonchev–Trinajstić information content (AvgIpc) is 2.37. The second kappa shape index (κ2) is 7.87. The minimum Gasteiger partial charge on any atom is -0.480 e. The van der Waals surface area contributed by atoms with Gasteiger partial charge in [0.05, 0.1) is 6.10 Å². The van der Waals surface area contributed by atoms with Gasteiger partial charge >= 0.3 is 5.97 Å². The molecule has 1 fully saturated rings. The monoisotopic (exact) mass is 255 g/mol. The SMILES string of the molecule is C=CCC(NC(=O)CCC1CCCCO1)C(=O)O. The van der Waals surface area contributed by atoms with Gasteiger partial charge in [-0.15, -0.1) is 6.58 Å². The van der Waals surface area contributed by atoms with Crippen LogP contribution < -0.4 is 5.32 Å². The topological polar surface area (TPSA) is 75.6 Å². The van der Waals surface area contributed by atoms with Gasteiger partial charge in [-0.3, -0.25) is 4.79 Å². The molecular weight excluding hydrogens is 234 g/mol. The molecule has 18 heavy (non-hydrogen) atoms. The molecular formula is C13H21NO4. The Morgan fingerprint density at radius 1 is 1.50 bits per heavy atom. The van der Waals surface area contributed by atoms with E-state index in [0.29, 0.717) is 12.8 Å². The standard InChI is InChI=1S/C13H21NO4/c1-2-5-11(13(16)17)14-12(15)8-7-10-6-3-4-9-18-10/h2,10-11H,1,3-9H2,(H,14,15)(H,16,17). The summed E-state index contributed by atoms with van der Waals surface area (Å²) in [7, 11) is 0. The van der Waals surface area contributed by atoms with Crippen molar-refractivity contribution in [1.82, 2.24) is 5.32 Å². The molecule has 1 amide bonds. The van der Waals surface area contributed by atoms with Crippen molar-refractivity contribution in [2.45, 2.75) is 50.7 Å². The molecule has 0 aromatic heterocycles. The molecule has 1 aliphatic heterocycles. The third kappa shape index (κ3) is 5.31. The Hall–Kier alpha value is -1.36. The lowest BCUT2D eigenvalue weighted by Crippen LogP contribution is -2.40. The van der Waals surface area contributed by atoms with Crippen molar-refractivity contribution in [3.8, 4) is 0 Å². The van der Waals surface area contributed by atoms with Crippen LogP contribution in [0.25, 0.3) is 0 Å². The van der Waals surface area contributed by atoms with E-state index >= 15 is 0 Å². The number of amides is 1. The van der Waals surface area contributed by atoms with Crippen LogP contribution in [0.5, 0.6) is 0 Å². The zero-order chi connectivity index (χ0) is 13.4. The van der Waals surface area contributed by atoms with Gasteiger partial charge in [-0.1, -0.05) is 6.08 Å². The van der Waals surface area contributed by atoms with Gasteiger partial charge in [-0.05, 0) is 32.1 Å². The normalized spacial score (nSPS) is 21.0. The van der Waals surface area contributed by atoms with E-state index in [4.69, 9.17) is 9.84 Å². The van der Waals surface area contributed by atoms with Gasteiger partial charge < -0.3 is 15.2 Å². The largest absolute Gasteiger partial charge is 0.480 e. The third-order valence-electron chi connectivity index (χ3n) is 3.00. The lowest BCUT2D eigenvalue weighted by atomic mass is 10.0. The van der Waals surface area contributed by atoms with Crippen molar-refractivity contribution in [3.05, 3.63) is 12.7 Å². The van der Waals surface area contributed by atoms with Crippen LogP contribution in [0.15, 0.2) is 12.7 Å². The number of hydrogen-bond donors (Lipinski definition) is 2. The van der Waals surface area contributed by atoms with Crippen molar-refractivity contribution in [2.75, 3.05) is 6.61 Å². The first-order chi connectivity index (χ1) is 8.63. The van der Waals surface area contributed by atoms with Crippen LogP contribution in [0, 0.1) is 0 Å². The molecule has 0 radical (unpaired) electrons. The Balaban J connectivity index is 2.26. The summed E-state index contributed by atoms with van der Waals surface area (Å²) in [5.74, 6) is -1.27. The fraction of sp³-hybridized carbons (Fsp3) is 0.692. The summed E-state index contributed by atoms with van der Waals surface area (Å²) in [5.41, 5.74) is 0. The van der Waals surface area contributed by atoms with Crippen LogP contribution in [0.1, 0.15) is 38.5 Å². The zero-order valence-corrected chi connectivity index (χ0v) is 10.6. The van der Waals surface area contributed by atoms with E-state index in [9.17, 15) is 9.59 Å². The predicted molar refractivity (Wildman–Crippen MR) is 67.2 cm³/mol. The number of nitrogens with one attached hydrogen (secondary N) is 1. The first-order valence-corrected chi connectivity index (χ1v) is 6.38. The summed E-state index contributed by atoms with van der Waals surface area (Å²) in [4.78, 5) is 22.5. The Kier molecular flexibility index (Phi) is 6.43. The highest BCUT2D eigenvalue weighted by molar-refractivity contribution is 5.83. The summed E-state index contributed by atoms with van der Waals surface area (Å²) in [6.45, 7) is 4.24. The van der Waals surface area contributed by atoms with Gasteiger partial charge in [0.2, 0.25) is 5.91 Å². The van der Waals surface area contributed by atoms with E-state index < -0.39 is 12.0 Å². The maximum Gasteiger partial charge on any atom is 0.326 e. The van der Waals surface area contributed by atoms with Crippen LogP contribution in [-0.4, -0.2) is 35.7 Å². The number of carboxylic acids is 1. The number of carbonyl (C=O) groups is 2. The van der Waals surface area contributed by atoms with Gasteiger partial charge in [0, 0.05) is 13.0 Å². The number of ether oxygens (including phenoxy) is 1. The fourth-order valence-corrected chi connectivity index (χ4v) is 1.98. The van der Waals surface area contributed by atoms with Crippen LogP contribution in [0.4, 0.5) is 0 Å². The summed E-state index contributed by atoms with van der Waals surface area (Å²) >= 11 is 0. The molecule has 0 aromatic carbocycles. The molecule has 1 aliphatic rings. The van der Waals surface area contributed by atoms with Crippen molar-refractivity contribution in [2.24, 2.45) is 0 Å². The fourth-order valence-electron chi connectivity index (χ4n) is 1.98. The van der Waals surface area contributed by atoms with E-state index in [0.717, 1.165) is 25.9 Å². The van der Waals surface area contributed by atoms with Gasteiger partial charge in [-0.25, -0.2) is 4.79 Å². The van der Waals surface area contributed by atoms with E-state index in [-0.39, 0.29) is 18.4 Å². The Morgan fingerprint density at radius 2 is 2.28 bits per heavy atom. The maximum atomic E-state index is 11.6. The Labute approximate surface area is 107 Å². The molecule has 0 aliphatic carbocycles. The summed E-state index contributed by atoms with van der Waals surface area (Å²) in [5, 5.41) is 11.4. The highest BCUT2D eigenvalue weighted by atomic mass is 16.5. The Bertz CT molecular complexity index is 297. The van der Waals surface area contributed by atoms with E-state index in [2.05, 4.69) is 11.9 Å². The molecule has 2 atom stereocenters. The zero-order valence-electron chi connectivity index (χ0n) is 10.6. The van der Waals surface area contributed by atoms with Gasteiger partial charge in [0.15, 0.2) is 0 Å². The molecule has 1 saturated heterocycles. The van der Waals surface area contributed by atoms with Crippen molar-refractivity contribution >= 4 is 11.9 Å². The van der Waals surface area contributed by atoms with Crippen LogP contribution >= 0.6 is 0 Å². The van der Waals surface area contributed by atoms with E-state index in [1.54, 1.807) is 0 Å². The maximum absolute atomic E-state index is 11.6. The second-order valence-corrected chi connectivity index (χ2v) is 4.51. The summed E-state index contributed by atoms with van der Waals surface area (Å²) in [6, 6.07) is -0.873. The first kappa shape index (κ1) is 14.7. The number of aliphatic carboxylic acids is 1. The minimum atomic E-state index is -1.03. The molecule has 5 nitrogen and oxygen atoms in total. The van der Waals surface area contributed by atoms with Crippen LogP contribution in [0.3, 0.4) is 0 Å². The van der Waals surface area contributed by atoms with Crippen LogP contribution in [0.2, 0.25) is 0 Å².